The molecule has 1 aromatic heterocycles. The second-order valence-electron chi connectivity index (χ2n) is 5.73. The minimum Gasteiger partial charge on any atom is -0.478 e. The fourth-order valence-electron chi connectivity index (χ4n) is 2.57. The molecule has 0 radical (unpaired) electrons. The van der Waals surface area contributed by atoms with Crippen LogP contribution in [0, 0.1) is 17.0 Å². The van der Waals surface area contributed by atoms with Crippen molar-refractivity contribution in [2.24, 2.45) is 0 Å². The summed E-state index contributed by atoms with van der Waals surface area (Å²) in [5.74, 6) is -1.43. The standard InChI is InChI=1S/C19H14N2O6/c1-11-10-12(19(23)24)6-7-14(11)20-18(22)17-9-8-16(27-17)13-4-2-3-5-15(13)21(25)26/h2-10H,1H3,(H,20,22)(H,23,24). The molecule has 8 nitrogen and oxygen atoms in total. The zero-order chi connectivity index (χ0) is 19.6. The summed E-state index contributed by atoms with van der Waals surface area (Å²) in [6.07, 6.45) is 0. The Morgan fingerprint density at radius 1 is 1.11 bits per heavy atom. The fourth-order valence-corrected chi connectivity index (χ4v) is 2.57. The summed E-state index contributed by atoms with van der Waals surface area (Å²) < 4.78 is 5.49. The van der Waals surface area contributed by atoms with Crippen LogP contribution in [-0.2, 0) is 0 Å². The van der Waals surface area contributed by atoms with Gasteiger partial charge in [-0.05, 0) is 48.9 Å². The van der Waals surface area contributed by atoms with Crippen LogP contribution in [-0.4, -0.2) is 21.9 Å². The number of hydrogen-bond donors (Lipinski definition) is 2. The van der Waals surface area contributed by atoms with Crippen LogP contribution in [0.2, 0.25) is 0 Å². The molecule has 0 aliphatic heterocycles. The number of furan rings is 1. The van der Waals surface area contributed by atoms with Crippen LogP contribution in [0.3, 0.4) is 0 Å². The van der Waals surface area contributed by atoms with Crippen molar-refractivity contribution < 1.29 is 24.0 Å². The van der Waals surface area contributed by atoms with E-state index >= 15 is 0 Å². The fraction of sp³-hybridized carbons (Fsp3) is 0.0526. The lowest BCUT2D eigenvalue weighted by molar-refractivity contribution is -0.384. The highest BCUT2D eigenvalue weighted by Crippen LogP contribution is 2.31. The van der Waals surface area contributed by atoms with Crippen LogP contribution in [0.25, 0.3) is 11.3 Å². The lowest BCUT2D eigenvalue weighted by Gasteiger charge is -2.08. The number of nitrogens with one attached hydrogen (secondary N) is 1. The Bertz CT molecular complexity index is 1050. The first-order chi connectivity index (χ1) is 12.9. The number of nitro groups is 1. The number of amides is 1. The molecule has 0 spiro atoms. The Morgan fingerprint density at radius 2 is 1.85 bits per heavy atom. The van der Waals surface area contributed by atoms with Crippen molar-refractivity contribution in [2.75, 3.05) is 5.32 Å². The van der Waals surface area contributed by atoms with E-state index in [0.29, 0.717) is 11.3 Å². The summed E-state index contributed by atoms with van der Waals surface area (Å²) in [5, 5.41) is 22.8. The summed E-state index contributed by atoms with van der Waals surface area (Å²) in [6.45, 7) is 1.67. The van der Waals surface area contributed by atoms with Gasteiger partial charge < -0.3 is 14.8 Å². The van der Waals surface area contributed by atoms with E-state index in [9.17, 15) is 19.7 Å². The number of aromatic carboxylic acids is 1. The van der Waals surface area contributed by atoms with E-state index in [1.165, 1.54) is 42.5 Å². The molecule has 2 aromatic carbocycles. The first kappa shape index (κ1) is 17.9. The number of hydrogen-bond acceptors (Lipinski definition) is 5. The topological polar surface area (TPSA) is 123 Å². The third-order valence-electron chi connectivity index (χ3n) is 3.92. The normalized spacial score (nSPS) is 10.4. The van der Waals surface area contributed by atoms with E-state index in [1.807, 2.05) is 0 Å². The average Bonchev–Trinajstić information content (AvgIpc) is 3.13. The minimum absolute atomic E-state index is 0.0233. The third-order valence-corrected chi connectivity index (χ3v) is 3.92. The number of nitro benzene ring substituents is 1. The van der Waals surface area contributed by atoms with Crippen molar-refractivity contribution in [2.45, 2.75) is 6.92 Å². The molecule has 27 heavy (non-hydrogen) atoms. The van der Waals surface area contributed by atoms with Gasteiger partial charge >= 0.3 is 5.97 Å². The van der Waals surface area contributed by atoms with Gasteiger partial charge in [-0.3, -0.25) is 14.9 Å². The van der Waals surface area contributed by atoms with E-state index in [4.69, 9.17) is 9.52 Å². The number of nitrogens with zero attached hydrogens (tertiary/aromatic N) is 1. The Labute approximate surface area is 153 Å². The molecule has 1 heterocycles. The molecule has 1 amide bonds. The van der Waals surface area contributed by atoms with Crippen molar-refractivity contribution in [1.82, 2.24) is 0 Å². The molecule has 8 heteroatoms. The third kappa shape index (κ3) is 3.69. The van der Waals surface area contributed by atoms with Gasteiger partial charge in [0.15, 0.2) is 5.76 Å². The summed E-state index contributed by atoms with van der Waals surface area (Å²) in [7, 11) is 0. The van der Waals surface area contributed by atoms with E-state index in [2.05, 4.69) is 5.32 Å². The smallest absolute Gasteiger partial charge is 0.335 e. The number of carboxylic acids is 1. The number of carbonyl (C=O) groups excluding carboxylic acids is 1. The lowest BCUT2D eigenvalue weighted by atomic mass is 10.1. The van der Waals surface area contributed by atoms with Gasteiger partial charge in [0.25, 0.3) is 11.6 Å². The quantitative estimate of drug-likeness (QED) is 0.517. The van der Waals surface area contributed by atoms with Crippen LogP contribution in [0.15, 0.2) is 59.0 Å². The molecular formula is C19H14N2O6. The second kappa shape index (κ2) is 7.12. The van der Waals surface area contributed by atoms with E-state index in [1.54, 1.807) is 19.1 Å². The first-order valence-corrected chi connectivity index (χ1v) is 7.85. The second-order valence-corrected chi connectivity index (χ2v) is 5.73. The first-order valence-electron chi connectivity index (χ1n) is 7.85. The van der Waals surface area contributed by atoms with Gasteiger partial charge in [0, 0.05) is 11.8 Å². The van der Waals surface area contributed by atoms with Crippen molar-refractivity contribution in [1.29, 1.82) is 0 Å². The van der Waals surface area contributed by atoms with Gasteiger partial charge in [0.05, 0.1) is 16.1 Å². The highest BCUT2D eigenvalue weighted by atomic mass is 16.6. The van der Waals surface area contributed by atoms with E-state index in [0.717, 1.165) is 0 Å². The summed E-state index contributed by atoms with van der Waals surface area (Å²) in [5.41, 5.74) is 1.27. The molecule has 0 fully saturated rings. The molecule has 3 aromatic rings. The maximum atomic E-state index is 12.4. The van der Waals surface area contributed by atoms with Gasteiger partial charge in [-0.15, -0.1) is 0 Å². The van der Waals surface area contributed by atoms with Crippen molar-refractivity contribution in [3.8, 4) is 11.3 Å². The molecule has 0 aliphatic carbocycles. The van der Waals surface area contributed by atoms with Crippen LogP contribution in [0.4, 0.5) is 11.4 Å². The monoisotopic (exact) mass is 366 g/mol. The van der Waals surface area contributed by atoms with Crippen LogP contribution >= 0.6 is 0 Å². The maximum absolute atomic E-state index is 12.4. The number of anilines is 1. The van der Waals surface area contributed by atoms with Crippen molar-refractivity contribution in [3.63, 3.8) is 0 Å². The summed E-state index contributed by atoms with van der Waals surface area (Å²) in [6, 6.07) is 13.3. The predicted octanol–water partition coefficient (Wildman–Crippen LogP) is 4.11. The van der Waals surface area contributed by atoms with Gasteiger partial charge in [-0.2, -0.15) is 0 Å². The molecule has 0 aliphatic rings. The Balaban J connectivity index is 1.84. The van der Waals surface area contributed by atoms with Crippen molar-refractivity contribution in [3.05, 3.63) is 81.6 Å². The molecule has 0 saturated heterocycles. The number of carboxylic acid groups (broad SMARTS) is 1. The van der Waals surface area contributed by atoms with Gasteiger partial charge in [0.1, 0.15) is 5.76 Å². The van der Waals surface area contributed by atoms with Gasteiger partial charge in [-0.1, -0.05) is 12.1 Å². The largest absolute Gasteiger partial charge is 0.478 e. The molecular weight excluding hydrogens is 352 g/mol. The molecule has 2 N–H and O–H groups in total. The van der Waals surface area contributed by atoms with Crippen LogP contribution in [0.1, 0.15) is 26.5 Å². The van der Waals surface area contributed by atoms with E-state index in [-0.39, 0.29) is 28.3 Å². The van der Waals surface area contributed by atoms with E-state index < -0.39 is 16.8 Å². The van der Waals surface area contributed by atoms with Crippen LogP contribution in [0.5, 0.6) is 0 Å². The Morgan fingerprint density at radius 3 is 2.52 bits per heavy atom. The maximum Gasteiger partial charge on any atom is 0.335 e. The minimum atomic E-state index is -1.06. The SMILES string of the molecule is Cc1cc(C(=O)O)ccc1NC(=O)c1ccc(-c2ccccc2[N+](=O)[O-])o1. The highest BCUT2D eigenvalue weighted by molar-refractivity contribution is 6.03. The lowest BCUT2D eigenvalue weighted by Crippen LogP contribution is -2.12. The number of carbonyl (C=O) groups is 2. The molecule has 0 saturated carbocycles. The predicted molar refractivity (Wildman–Crippen MR) is 96.9 cm³/mol. The van der Waals surface area contributed by atoms with Crippen molar-refractivity contribution >= 4 is 23.3 Å². The number of para-hydroxylation sites is 1. The molecule has 3 rings (SSSR count). The number of rotatable bonds is 5. The Hall–Kier alpha value is -3.94. The molecule has 0 unspecified atom stereocenters. The molecule has 0 atom stereocenters. The van der Waals surface area contributed by atoms with Gasteiger partial charge in [0.2, 0.25) is 0 Å². The number of benzene rings is 2. The Kier molecular flexibility index (Phi) is 4.71. The average molecular weight is 366 g/mol. The summed E-state index contributed by atoms with van der Waals surface area (Å²) in [4.78, 5) is 34.0. The van der Waals surface area contributed by atoms with Gasteiger partial charge in [-0.25, -0.2) is 4.79 Å². The zero-order valence-corrected chi connectivity index (χ0v) is 14.1. The molecule has 136 valence electrons. The van der Waals surface area contributed by atoms with Crippen LogP contribution < -0.4 is 5.32 Å². The summed E-state index contributed by atoms with van der Waals surface area (Å²) >= 11 is 0. The highest BCUT2D eigenvalue weighted by Gasteiger charge is 2.19. The molecule has 0 bridgehead atoms. The zero-order valence-electron chi connectivity index (χ0n) is 14.1. The number of aryl methyl sites for hydroxylation is 1.